The van der Waals surface area contributed by atoms with Gasteiger partial charge in [0.2, 0.25) is 0 Å². The van der Waals surface area contributed by atoms with Gasteiger partial charge in [0.1, 0.15) is 12.4 Å². The second kappa shape index (κ2) is 8.16. The number of halogens is 1. The molecule has 1 heterocycles. The van der Waals surface area contributed by atoms with Crippen LogP contribution in [-0.4, -0.2) is 0 Å². The van der Waals surface area contributed by atoms with Crippen molar-refractivity contribution in [3.8, 4) is 5.75 Å². The lowest BCUT2D eigenvalue weighted by Crippen LogP contribution is -2.12. The van der Waals surface area contributed by atoms with Crippen molar-refractivity contribution in [2.45, 2.75) is 19.7 Å². The molecule has 2 nitrogen and oxygen atoms in total. The van der Waals surface area contributed by atoms with Gasteiger partial charge in [0, 0.05) is 23.0 Å². The van der Waals surface area contributed by atoms with Crippen LogP contribution in [0.3, 0.4) is 0 Å². The van der Waals surface area contributed by atoms with Gasteiger partial charge in [0.05, 0.1) is 0 Å². The average Bonchev–Trinajstić information content (AvgIpc) is 3.09. The van der Waals surface area contributed by atoms with Crippen molar-refractivity contribution in [1.29, 1.82) is 0 Å². The fraction of sp³-hybridized carbons (Fsp3) is 0.158. The maximum absolute atomic E-state index is 6.15. The van der Waals surface area contributed by atoms with Crippen LogP contribution >= 0.6 is 22.9 Å². The van der Waals surface area contributed by atoms with Gasteiger partial charge >= 0.3 is 0 Å². The van der Waals surface area contributed by atoms with Gasteiger partial charge in [-0.3, -0.25) is 0 Å². The predicted molar refractivity (Wildman–Crippen MR) is 97.1 cm³/mol. The van der Waals surface area contributed by atoms with Crippen LogP contribution in [-0.2, 0) is 19.7 Å². The van der Waals surface area contributed by atoms with Crippen molar-refractivity contribution in [3.05, 3.63) is 87.1 Å². The highest BCUT2D eigenvalue weighted by Crippen LogP contribution is 2.17. The van der Waals surface area contributed by atoms with Gasteiger partial charge in [-0.05, 0) is 40.8 Å². The molecule has 118 valence electrons. The molecule has 0 amide bonds. The molecule has 3 aromatic rings. The normalized spacial score (nSPS) is 10.7. The van der Waals surface area contributed by atoms with Crippen LogP contribution in [0, 0.1) is 0 Å². The van der Waals surface area contributed by atoms with E-state index >= 15 is 0 Å². The minimum absolute atomic E-state index is 0.627. The van der Waals surface area contributed by atoms with Crippen LogP contribution in [0.5, 0.6) is 5.75 Å². The van der Waals surface area contributed by atoms with E-state index in [-0.39, 0.29) is 0 Å². The lowest BCUT2D eigenvalue weighted by Gasteiger charge is -2.08. The Kier molecular flexibility index (Phi) is 5.70. The molecule has 0 aliphatic rings. The van der Waals surface area contributed by atoms with Gasteiger partial charge in [-0.15, -0.1) is 11.3 Å². The van der Waals surface area contributed by atoms with Crippen LogP contribution in [0.15, 0.2) is 66.0 Å². The average molecular weight is 344 g/mol. The summed E-state index contributed by atoms with van der Waals surface area (Å²) < 4.78 is 5.77. The fourth-order valence-corrected chi connectivity index (χ4v) is 3.05. The van der Waals surface area contributed by atoms with E-state index in [1.165, 1.54) is 10.4 Å². The van der Waals surface area contributed by atoms with Crippen molar-refractivity contribution in [1.82, 2.24) is 5.32 Å². The molecule has 0 atom stereocenters. The predicted octanol–water partition coefficient (Wildman–Crippen LogP) is 5.27. The summed E-state index contributed by atoms with van der Waals surface area (Å²) in [5, 5.41) is 6.27. The van der Waals surface area contributed by atoms with Gasteiger partial charge in [-0.2, -0.15) is 0 Å². The van der Waals surface area contributed by atoms with Gasteiger partial charge in [0.25, 0.3) is 0 Å². The van der Waals surface area contributed by atoms with Crippen LogP contribution in [0.4, 0.5) is 0 Å². The van der Waals surface area contributed by atoms with Crippen molar-refractivity contribution < 1.29 is 4.74 Å². The standard InChI is InChI=1S/C19H18ClNOS/c20-19-6-2-1-4-16(19)13-21-12-15-7-9-17(10-8-15)22-14-18-5-3-11-23-18/h1-11,21H,12-14H2. The highest BCUT2D eigenvalue weighted by atomic mass is 35.5. The lowest BCUT2D eigenvalue weighted by molar-refractivity contribution is 0.309. The fourth-order valence-electron chi connectivity index (χ4n) is 2.24. The number of benzene rings is 2. The van der Waals surface area contributed by atoms with Gasteiger partial charge in [0.15, 0.2) is 0 Å². The molecule has 0 fully saturated rings. The van der Waals surface area contributed by atoms with Crippen LogP contribution < -0.4 is 10.1 Å². The minimum Gasteiger partial charge on any atom is -0.488 e. The number of nitrogens with one attached hydrogen (secondary N) is 1. The Morgan fingerprint density at radius 2 is 1.74 bits per heavy atom. The monoisotopic (exact) mass is 343 g/mol. The van der Waals surface area contributed by atoms with E-state index < -0.39 is 0 Å². The summed E-state index contributed by atoms with van der Waals surface area (Å²) >= 11 is 7.86. The molecule has 0 saturated carbocycles. The first-order valence-electron chi connectivity index (χ1n) is 7.49. The van der Waals surface area contributed by atoms with E-state index in [1.54, 1.807) is 11.3 Å². The van der Waals surface area contributed by atoms with E-state index in [0.717, 1.165) is 29.4 Å². The zero-order chi connectivity index (χ0) is 15.9. The molecule has 4 heteroatoms. The highest BCUT2D eigenvalue weighted by molar-refractivity contribution is 7.09. The zero-order valence-electron chi connectivity index (χ0n) is 12.7. The summed E-state index contributed by atoms with van der Waals surface area (Å²) in [5.41, 5.74) is 2.34. The zero-order valence-corrected chi connectivity index (χ0v) is 14.2. The number of thiophene rings is 1. The molecule has 0 saturated heterocycles. The number of hydrogen-bond donors (Lipinski definition) is 1. The van der Waals surface area contributed by atoms with Gasteiger partial charge in [-0.1, -0.05) is 48.0 Å². The Bertz CT molecular complexity index is 725. The first kappa shape index (κ1) is 16.1. The quantitative estimate of drug-likeness (QED) is 0.631. The van der Waals surface area contributed by atoms with Crippen LogP contribution in [0.25, 0.3) is 0 Å². The summed E-state index contributed by atoms with van der Waals surface area (Å²) in [7, 11) is 0. The van der Waals surface area contributed by atoms with Crippen LogP contribution in [0.1, 0.15) is 16.0 Å². The summed E-state index contributed by atoms with van der Waals surface area (Å²) in [5.74, 6) is 0.897. The molecule has 0 aliphatic carbocycles. The van der Waals surface area contributed by atoms with E-state index in [9.17, 15) is 0 Å². The number of ether oxygens (including phenoxy) is 1. The molecule has 23 heavy (non-hydrogen) atoms. The first-order valence-corrected chi connectivity index (χ1v) is 8.75. The Labute approximate surface area is 145 Å². The molecule has 0 unspecified atom stereocenters. The summed E-state index contributed by atoms with van der Waals surface area (Å²) in [4.78, 5) is 1.23. The smallest absolute Gasteiger partial charge is 0.122 e. The van der Waals surface area contributed by atoms with E-state index in [1.807, 2.05) is 42.5 Å². The maximum atomic E-state index is 6.15. The van der Waals surface area contributed by atoms with Gasteiger partial charge in [-0.25, -0.2) is 0 Å². The third kappa shape index (κ3) is 4.83. The third-order valence-corrected chi connectivity index (χ3v) is 4.71. The van der Waals surface area contributed by atoms with E-state index in [2.05, 4.69) is 28.9 Å². The maximum Gasteiger partial charge on any atom is 0.122 e. The molecule has 1 N–H and O–H groups in total. The number of rotatable bonds is 7. The summed E-state index contributed by atoms with van der Waals surface area (Å²) in [6.45, 7) is 2.19. The molecule has 1 aromatic heterocycles. The second-order valence-electron chi connectivity index (χ2n) is 5.21. The first-order chi connectivity index (χ1) is 11.3. The largest absolute Gasteiger partial charge is 0.488 e. The van der Waals surface area contributed by atoms with Crippen molar-refractivity contribution in [3.63, 3.8) is 0 Å². The van der Waals surface area contributed by atoms with Crippen molar-refractivity contribution in [2.24, 2.45) is 0 Å². The Hall–Kier alpha value is -1.81. The van der Waals surface area contributed by atoms with E-state index in [4.69, 9.17) is 16.3 Å². The van der Waals surface area contributed by atoms with Crippen LogP contribution in [0.2, 0.25) is 5.02 Å². The second-order valence-corrected chi connectivity index (χ2v) is 6.65. The Morgan fingerprint density at radius 1 is 0.913 bits per heavy atom. The molecular weight excluding hydrogens is 326 g/mol. The highest BCUT2D eigenvalue weighted by Gasteiger charge is 2.00. The summed E-state index contributed by atoms with van der Waals surface area (Å²) in [6.07, 6.45) is 0. The topological polar surface area (TPSA) is 21.3 Å². The van der Waals surface area contributed by atoms with E-state index in [0.29, 0.717) is 6.61 Å². The lowest BCUT2D eigenvalue weighted by atomic mass is 10.2. The molecule has 2 aromatic carbocycles. The Balaban J connectivity index is 1.47. The van der Waals surface area contributed by atoms with Crippen molar-refractivity contribution in [2.75, 3.05) is 0 Å². The minimum atomic E-state index is 0.627. The Morgan fingerprint density at radius 3 is 2.48 bits per heavy atom. The number of hydrogen-bond acceptors (Lipinski definition) is 3. The molecular formula is C19H18ClNOS. The molecule has 3 rings (SSSR count). The molecule has 0 bridgehead atoms. The van der Waals surface area contributed by atoms with Gasteiger partial charge < -0.3 is 10.1 Å². The van der Waals surface area contributed by atoms with Crippen molar-refractivity contribution >= 4 is 22.9 Å². The molecule has 0 aliphatic heterocycles. The third-order valence-electron chi connectivity index (χ3n) is 3.49. The SMILES string of the molecule is Clc1ccccc1CNCc1ccc(OCc2cccs2)cc1. The molecule has 0 radical (unpaired) electrons. The summed E-state index contributed by atoms with van der Waals surface area (Å²) in [6, 6.07) is 20.2. The molecule has 0 spiro atoms.